The highest BCUT2D eigenvalue weighted by Gasteiger charge is 2.11. The van der Waals surface area contributed by atoms with Gasteiger partial charge in [0.25, 0.3) is 0 Å². The number of hydrogen-bond donors (Lipinski definition) is 1. The van der Waals surface area contributed by atoms with E-state index in [0.717, 1.165) is 12.1 Å². The molecule has 2 aromatic rings. The fourth-order valence-corrected chi connectivity index (χ4v) is 1.87. The van der Waals surface area contributed by atoms with Gasteiger partial charge in [0.05, 0.1) is 10.7 Å². The topological polar surface area (TPSA) is 43.8 Å². The molecule has 1 aromatic heterocycles. The summed E-state index contributed by atoms with van der Waals surface area (Å²) < 4.78 is 1.77. The number of nitrogens with zero attached hydrogens (tertiary/aromatic N) is 2. The zero-order chi connectivity index (χ0) is 11.7. The minimum atomic E-state index is 0.595. The first-order valence-electron chi connectivity index (χ1n) is 4.90. The summed E-state index contributed by atoms with van der Waals surface area (Å²) >= 11 is 12.0. The molecule has 0 atom stereocenters. The Bertz CT molecular complexity index is 520. The summed E-state index contributed by atoms with van der Waals surface area (Å²) in [6.07, 6.45) is 1.78. The van der Waals surface area contributed by atoms with Crippen LogP contribution in [0.4, 0.5) is 5.69 Å². The SMILES string of the molecule is CCn1cc(N)c(-c2cc(Cl)ccc2Cl)n1. The summed E-state index contributed by atoms with van der Waals surface area (Å²) in [5, 5.41) is 5.56. The smallest absolute Gasteiger partial charge is 0.117 e. The van der Waals surface area contributed by atoms with Crippen LogP contribution in [-0.2, 0) is 6.54 Å². The number of rotatable bonds is 2. The standard InChI is InChI=1S/C11H11Cl2N3/c1-2-16-6-10(14)11(15-16)8-5-7(12)3-4-9(8)13/h3-6H,2,14H2,1H3. The van der Waals surface area contributed by atoms with E-state index in [9.17, 15) is 0 Å². The average molecular weight is 256 g/mol. The Morgan fingerprint density at radius 3 is 2.75 bits per heavy atom. The first-order valence-corrected chi connectivity index (χ1v) is 5.65. The van der Waals surface area contributed by atoms with Crippen LogP contribution in [0.25, 0.3) is 11.3 Å². The summed E-state index contributed by atoms with van der Waals surface area (Å²) in [5.74, 6) is 0. The van der Waals surface area contributed by atoms with E-state index in [1.165, 1.54) is 0 Å². The molecule has 0 aliphatic carbocycles. The van der Waals surface area contributed by atoms with Crippen LogP contribution >= 0.6 is 23.2 Å². The Kier molecular flexibility index (Phi) is 3.08. The van der Waals surface area contributed by atoms with E-state index >= 15 is 0 Å². The molecule has 3 nitrogen and oxygen atoms in total. The van der Waals surface area contributed by atoms with Gasteiger partial charge in [0, 0.05) is 23.3 Å². The van der Waals surface area contributed by atoms with E-state index in [2.05, 4.69) is 5.10 Å². The van der Waals surface area contributed by atoms with Gasteiger partial charge in [-0.1, -0.05) is 23.2 Å². The zero-order valence-corrected chi connectivity index (χ0v) is 10.3. The largest absolute Gasteiger partial charge is 0.396 e. The van der Waals surface area contributed by atoms with E-state index in [1.54, 1.807) is 29.1 Å². The van der Waals surface area contributed by atoms with Gasteiger partial charge in [-0.25, -0.2) is 0 Å². The molecule has 84 valence electrons. The van der Waals surface area contributed by atoms with Crippen LogP contribution in [-0.4, -0.2) is 9.78 Å². The average Bonchev–Trinajstić information content (AvgIpc) is 2.63. The molecule has 5 heteroatoms. The lowest BCUT2D eigenvalue weighted by molar-refractivity contribution is 0.662. The summed E-state index contributed by atoms with van der Waals surface area (Å²) in [5.41, 5.74) is 7.92. The van der Waals surface area contributed by atoms with Crippen LogP contribution in [0, 0.1) is 0 Å². The molecule has 0 amide bonds. The van der Waals surface area contributed by atoms with E-state index in [4.69, 9.17) is 28.9 Å². The molecule has 0 fully saturated rings. The van der Waals surface area contributed by atoms with Crippen molar-refractivity contribution in [3.05, 3.63) is 34.4 Å². The zero-order valence-electron chi connectivity index (χ0n) is 8.74. The number of benzene rings is 1. The van der Waals surface area contributed by atoms with Crippen molar-refractivity contribution >= 4 is 28.9 Å². The molecule has 0 aliphatic rings. The molecule has 0 unspecified atom stereocenters. The minimum Gasteiger partial charge on any atom is -0.396 e. The Hall–Kier alpha value is -1.19. The summed E-state index contributed by atoms with van der Waals surface area (Å²) in [6.45, 7) is 2.76. The lowest BCUT2D eigenvalue weighted by atomic mass is 10.1. The van der Waals surface area contributed by atoms with Crippen molar-refractivity contribution in [2.75, 3.05) is 5.73 Å². The Morgan fingerprint density at radius 1 is 1.38 bits per heavy atom. The fourth-order valence-electron chi connectivity index (χ4n) is 1.49. The molecule has 16 heavy (non-hydrogen) atoms. The summed E-state index contributed by atoms with van der Waals surface area (Å²) in [7, 11) is 0. The van der Waals surface area contributed by atoms with Gasteiger partial charge < -0.3 is 5.73 Å². The maximum Gasteiger partial charge on any atom is 0.117 e. The van der Waals surface area contributed by atoms with Crippen molar-refractivity contribution in [2.24, 2.45) is 0 Å². The van der Waals surface area contributed by atoms with Crippen molar-refractivity contribution in [1.29, 1.82) is 0 Å². The predicted molar refractivity (Wildman–Crippen MR) is 67.8 cm³/mol. The minimum absolute atomic E-state index is 0.595. The van der Waals surface area contributed by atoms with Gasteiger partial charge in [0.1, 0.15) is 5.69 Å². The van der Waals surface area contributed by atoms with Crippen LogP contribution in [0.1, 0.15) is 6.92 Å². The molecule has 1 aromatic carbocycles. The second-order valence-corrected chi connectivity index (χ2v) is 4.26. The number of nitrogen functional groups attached to an aromatic ring is 1. The van der Waals surface area contributed by atoms with Gasteiger partial charge in [-0.05, 0) is 25.1 Å². The lowest BCUT2D eigenvalue weighted by Crippen LogP contribution is -1.94. The van der Waals surface area contributed by atoms with E-state index in [1.807, 2.05) is 6.92 Å². The molecule has 2 rings (SSSR count). The number of aromatic nitrogens is 2. The van der Waals surface area contributed by atoms with Crippen molar-refractivity contribution in [3.8, 4) is 11.3 Å². The highest BCUT2D eigenvalue weighted by molar-refractivity contribution is 6.35. The highest BCUT2D eigenvalue weighted by atomic mass is 35.5. The first-order chi connectivity index (χ1) is 7.61. The van der Waals surface area contributed by atoms with Crippen molar-refractivity contribution in [1.82, 2.24) is 9.78 Å². The molecule has 2 N–H and O–H groups in total. The Labute approximate surface area is 104 Å². The van der Waals surface area contributed by atoms with E-state index in [-0.39, 0.29) is 0 Å². The van der Waals surface area contributed by atoms with Gasteiger partial charge in [-0.2, -0.15) is 5.10 Å². The fraction of sp³-hybridized carbons (Fsp3) is 0.182. The van der Waals surface area contributed by atoms with Crippen LogP contribution in [0.15, 0.2) is 24.4 Å². The third-order valence-electron chi connectivity index (χ3n) is 2.30. The molecular formula is C11H11Cl2N3. The second-order valence-electron chi connectivity index (χ2n) is 3.41. The molecule has 0 bridgehead atoms. The lowest BCUT2D eigenvalue weighted by Gasteiger charge is -2.02. The van der Waals surface area contributed by atoms with Gasteiger partial charge >= 0.3 is 0 Å². The molecule has 0 saturated heterocycles. The summed E-state index contributed by atoms with van der Waals surface area (Å²) in [6, 6.07) is 5.24. The highest BCUT2D eigenvalue weighted by Crippen LogP contribution is 2.32. The maximum atomic E-state index is 6.09. The van der Waals surface area contributed by atoms with Crippen molar-refractivity contribution in [2.45, 2.75) is 13.5 Å². The predicted octanol–water partition coefficient (Wildman–Crippen LogP) is 3.46. The molecule has 0 spiro atoms. The molecule has 0 saturated carbocycles. The van der Waals surface area contributed by atoms with Crippen LogP contribution in [0.5, 0.6) is 0 Å². The third kappa shape index (κ3) is 2.01. The van der Waals surface area contributed by atoms with Crippen LogP contribution in [0.3, 0.4) is 0 Å². The number of anilines is 1. The normalized spacial score (nSPS) is 10.7. The monoisotopic (exact) mass is 255 g/mol. The number of halogens is 2. The van der Waals surface area contributed by atoms with E-state index in [0.29, 0.717) is 21.4 Å². The second kappa shape index (κ2) is 4.36. The molecular weight excluding hydrogens is 245 g/mol. The van der Waals surface area contributed by atoms with Gasteiger partial charge in [0.2, 0.25) is 0 Å². The quantitative estimate of drug-likeness (QED) is 0.894. The first kappa shape index (κ1) is 11.3. The van der Waals surface area contributed by atoms with Gasteiger partial charge in [-0.3, -0.25) is 4.68 Å². The Balaban J connectivity index is 2.57. The number of hydrogen-bond acceptors (Lipinski definition) is 2. The number of nitrogens with two attached hydrogens (primary N) is 1. The molecule has 0 aliphatic heterocycles. The van der Waals surface area contributed by atoms with Crippen LogP contribution < -0.4 is 5.73 Å². The van der Waals surface area contributed by atoms with Gasteiger partial charge in [-0.15, -0.1) is 0 Å². The molecule has 0 radical (unpaired) electrons. The van der Waals surface area contributed by atoms with E-state index < -0.39 is 0 Å². The number of aryl methyl sites for hydroxylation is 1. The van der Waals surface area contributed by atoms with Crippen LogP contribution in [0.2, 0.25) is 10.0 Å². The van der Waals surface area contributed by atoms with Crippen molar-refractivity contribution < 1.29 is 0 Å². The molecule has 1 heterocycles. The van der Waals surface area contributed by atoms with Crippen molar-refractivity contribution in [3.63, 3.8) is 0 Å². The van der Waals surface area contributed by atoms with Gasteiger partial charge in [0.15, 0.2) is 0 Å². The summed E-state index contributed by atoms with van der Waals surface area (Å²) in [4.78, 5) is 0. The third-order valence-corrected chi connectivity index (χ3v) is 2.86. The maximum absolute atomic E-state index is 6.09. The Morgan fingerprint density at radius 2 is 2.12 bits per heavy atom.